The molecule has 1 rings (SSSR count). The molecule has 3 nitrogen and oxygen atoms in total. The molecule has 0 aliphatic carbocycles. The van der Waals surface area contributed by atoms with E-state index in [1.807, 2.05) is 0 Å². The minimum atomic E-state index is -0.240. The molecule has 1 saturated heterocycles. The predicted octanol–water partition coefficient (Wildman–Crippen LogP) is 2.70. The van der Waals surface area contributed by atoms with E-state index in [4.69, 9.17) is 9.47 Å². The molecule has 0 N–H and O–H groups in total. The number of carbonyl (C=O) groups excluding carboxylic acids is 1. The topological polar surface area (TPSA) is 35.5 Å². The van der Waals surface area contributed by atoms with Crippen LogP contribution in [-0.4, -0.2) is 24.8 Å². The van der Waals surface area contributed by atoms with E-state index in [2.05, 4.69) is 27.4 Å². The summed E-state index contributed by atoms with van der Waals surface area (Å²) in [6.07, 6.45) is 2.09. The van der Waals surface area contributed by atoms with Crippen molar-refractivity contribution in [1.82, 2.24) is 0 Å². The number of esters is 1. The van der Waals surface area contributed by atoms with Gasteiger partial charge in [-0.25, -0.2) is 0 Å². The lowest BCUT2D eigenvalue weighted by molar-refractivity contribution is -0.151. The van der Waals surface area contributed by atoms with Crippen LogP contribution in [0.1, 0.15) is 40.5 Å². The quantitative estimate of drug-likeness (QED) is 0.548. The number of hydrogen-bond acceptors (Lipinski definition) is 3. The van der Waals surface area contributed by atoms with E-state index in [9.17, 15) is 4.79 Å². The minimum Gasteiger partial charge on any atom is -0.465 e. The summed E-state index contributed by atoms with van der Waals surface area (Å²) in [5.41, 5.74) is 1.06. The first-order valence-electron chi connectivity index (χ1n) is 5.77. The minimum absolute atomic E-state index is 0.0862. The maximum Gasteiger partial charge on any atom is 0.302 e. The van der Waals surface area contributed by atoms with Crippen LogP contribution in [0.4, 0.5) is 0 Å². The molecule has 2 unspecified atom stereocenters. The van der Waals surface area contributed by atoms with Gasteiger partial charge < -0.3 is 9.47 Å². The highest BCUT2D eigenvalue weighted by Crippen LogP contribution is 2.34. The Hall–Kier alpha value is -0.830. The van der Waals surface area contributed by atoms with Gasteiger partial charge in [-0.05, 0) is 19.8 Å². The third kappa shape index (κ3) is 3.63. The van der Waals surface area contributed by atoms with Crippen molar-refractivity contribution in [2.45, 2.75) is 52.7 Å². The SMILES string of the molecule is C=C1CC(C)OC(C(C)(C)COC(C)=O)C1. The molecular formula is C13H22O3. The molecule has 0 saturated carbocycles. The first-order chi connectivity index (χ1) is 7.31. The molecule has 0 aromatic heterocycles. The van der Waals surface area contributed by atoms with Gasteiger partial charge in [0.15, 0.2) is 0 Å². The van der Waals surface area contributed by atoms with Gasteiger partial charge in [-0.1, -0.05) is 26.0 Å². The number of ether oxygens (including phenoxy) is 2. The fraction of sp³-hybridized carbons (Fsp3) is 0.769. The third-order valence-electron chi connectivity index (χ3n) is 2.97. The molecule has 0 aromatic carbocycles. The molecule has 0 spiro atoms. The number of hydrogen-bond donors (Lipinski definition) is 0. The molecule has 2 atom stereocenters. The van der Waals surface area contributed by atoms with Crippen LogP contribution in [-0.2, 0) is 14.3 Å². The standard InChI is InChI=1S/C13H22O3/c1-9-6-10(2)16-12(7-9)13(4,5)8-15-11(3)14/h10,12H,1,6-8H2,2-5H3. The molecule has 1 aliphatic rings. The average molecular weight is 226 g/mol. The fourth-order valence-electron chi connectivity index (χ4n) is 1.97. The zero-order valence-corrected chi connectivity index (χ0v) is 10.7. The fourth-order valence-corrected chi connectivity index (χ4v) is 1.97. The normalized spacial score (nSPS) is 26.6. The summed E-state index contributed by atoms with van der Waals surface area (Å²) in [5.74, 6) is -0.240. The van der Waals surface area contributed by atoms with E-state index in [0.29, 0.717) is 6.61 Å². The maximum absolute atomic E-state index is 10.8. The molecule has 3 heteroatoms. The lowest BCUT2D eigenvalue weighted by Crippen LogP contribution is -2.41. The molecule has 16 heavy (non-hydrogen) atoms. The molecule has 92 valence electrons. The van der Waals surface area contributed by atoms with Crippen molar-refractivity contribution < 1.29 is 14.3 Å². The Morgan fingerprint density at radius 2 is 2.19 bits per heavy atom. The zero-order chi connectivity index (χ0) is 12.3. The summed E-state index contributed by atoms with van der Waals surface area (Å²) >= 11 is 0. The van der Waals surface area contributed by atoms with E-state index in [0.717, 1.165) is 12.8 Å². The van der Waals surface area contributed by atoms with Crippen LogP contribution in [0, 0.1) is 5.41 Å². The van der Waals surface area contributed by atoms with Crippen LogP contribution in [0.3, 0.4) is 0 Å². The monoisotopic (exact) mass is 226 g/mol. The molecule has 0 amide bonds. The van der Waals surface area contributed by atoms with E-state index in [1.165, 1.54) is 12.5 Å². The van der Waals surface area contributed by atoms with Gasteiger partial charge in [0.1, 0.15) is 0 Å². The van der Waals surface area contributed by atoms with Gasteiger partial charge in [0, 0.05) is 12.3 Å². The number of rotatable bonds is 3. The summed E-state index contributed by atoms with van der Waals surface area (Å²) in [4.78, 5) is 10.8. The Bertz CT molecular complexity index is 281. The van der Waals surface area contributed by atoms with E-state index in [-0.39, 0.29) is 23.6 Å². The van der Waals surface area contributed by atoms with Crippen LogP contribution in [0.5, 0.6) is 0 Å². The second-order valence-corrected chi connectivity index (χ2v) is 5.36. The van der Waals surface area contributed by atoms with Crippen molar-refractivity contribution in [3.05, 3.63) is 12.2 Å². The summed E-state index contributed by atoms with van der Waals surface area (Å²) < 4.78 is 11.0. The lowest BCUT2D eigenvalue weighted by atomic mass is 9.81. The predicted molar refractivity (Wildman–Crippen MR) is 63.1 cm³/mol. The highest BCUT2D eigenvalue weighted by Gasteiger charge is 2.35. The average Bonchev–Trinajstić information content (AvgIpc) is 2.13. The van der Waals surface area contributed by atoms with Crippen LogP contribution in [0.15, 0.2) is 12.2 Å². The Morgan fingerprint density at radius 3 is 2.69 bits per heavy atom. The van der Waals surface area contributed by atoms with Gasteiger partial charge in [0.05, 0.1) is 18.8 Å². The van der Waals surface area contributed by atoms with E-state index >= 15 is 0 Å². The Morgan fingerprint density at radius 1 is 1.56 bits per heavy atom. The zero-order valence-electron chi connectivity index (χ0n) is 10.7. The first kappa shape index (κ1) is 13.2. The van der Waals surface area contributed by atoms with Gasteiger partial charge in [0.25, 0.3) is 0 Å². The molecule has 1 fully saturated rings. The van der Waals surface area contributed by atoms with Crippen molar-refractivity contribution in [2.24, 2.45) is 5.41 Å². The van der Waals surface area contributed by atoms with Crippen molar-refractivity contribution in [1.29, 1.82) is 0 Å². The van der Waals surface area contributed by atoms with Crippen molar-refractivity contribution in [3.63, 3.8) is 0 Å². The summed E-state index contributed by atoms with van der Waals surface area (Å²) in [5, 5.41) is 0. The third-order valence-corrected chi connectivity index (χ3v) is 2.97. The molecule has 0 aromatic rings. The second-order valence-electron chi connectivity index (χ2n) is 5.36. The van der Waals surface area contributed by atoms with Crippen LogP contribution in [0.2, 0.25) is 0 Å². The summed E-state index contributed by atoms with van der Waals surface area (Å²) in [7, 11) is 0. The molecule has 0 bridgehead atoms. The van der Waals surface area contributed by atoms with Gasteiger partial charge in [-0.3, -0.25) is 4.79 Å². The van der Waals surface area contributed by atoms with Crippen LogP contribution in [0.25, 0.3) is 0 Å². The smallest absolute Gasteiger partial charge is 0.302 e. The van der Waals surface area contributed by atoms with E-state index in [1.54, 1.807) is 0 Å². The second kappa shape index (κ2) is 5.00. The molecule has 0 radical (unpaired) electrons. The molecular weight excluding hydrogens is 204 g/mol. The Balaban J connectivity index is 2.59. The first-order valence-corrected chi connectivity index (χ1v) is 5.77. The van der Waals surface area contributed by atoms with Gasteiger partial charge in [-0.15, -0.1) is 0 Å². The van der Waals surface area contributed by atoms with Crippen LogP contribution < -0.4 is 0 Å². The highest BCUT2D eigenvalue weighted by atomic mass is 16.5. The van der Waals surface area contributed by atoms with Crippen molar-refractivity contribution in [3.8, 4) is 0 Å². The molecule has 1 aliphatic heterocycles. The summed E-state index contributed by atoms with van der Waals surface area (Å²) in [6.45, 7) is 12.0. The number of carbonyl (C=O) groups is 1. The maximum atomic E-state index is 10.8. The van der Waals surface area contributed by atoms with E-state index < -0.39 is 0 Å². The highest BCUT2D eigenvalue weighted by molar-refractivity contribution is 5.65. The van der Waals surface area contributed by atoms with Gasteiger partial charge >= 0.3 is 5.97 Å². The molecule has 1 heterocycles. The van der Waals surface area contributed by atoms with Gasteiger partial charge in [-0.2, -0.15) is 0 Å². The Labute approximate surface area is 97.8 Å². The lowest BCUT2D eigenvalue weighted by Gasteiger charge is -2.39. The van der Waals surface area contributed by atoms with Crippen LogP contribution >= 0.6 is 0 Å². The Kier molecular flexibility index (Phi) is 4.14. The largest absolute Gasteiger partial charge is 0.465 e. The van der Waals surface area contributed by atoms with Crippen molar-refractivity contribution in [2.75, 3.05) is 6.61 Å². The van der Waals surface area contributed by atoms with Crippen molar-refractivity contribution >= 4 is 5.97 Å². The van der Waals surface area contributed by atoms with Gasteiger partial charge in [0.2, 0.25) is 0 Å². The summed E-state index contributed by atoms with van der Waals surface area (Å²) in [6, 6.07) is 0.